The maximum absolute atomic E-state index is 10.6. The number of carboxylic acid groups (broad SMARTS) is 1. The molecule has 2 aromatic heterocycles. The zero-order chi connectivity index (χ0) is 11.5. The summed E-state index contributed by atoms with van der Waals surface area (Å²) in [7, 11) is 0. The van der Waals surface area contributed by atoms with Gasteiger partial charge in [-0.05, 0) is 24.5 Å². The van der Waals surface area contributed by atoms with Crippen LogP contribution in [0.3, 0.4) is 0 Å². The summed E-state index contributed by atoms with van der Waals surface area (Å²) >= 11 is 0. The van der Waals surface area contributed by atoms with Crippen molar-refractivity contribution in [3.05, 3.63) is 17.8 Å². The van der Waals surface area contributed by atoms with Crippen LogP contribution in [-0.4, -0.2) is 31.5 Å². The van der Waals surface area contributed by atoms with Crippen molar-refractivity contribution in [2.45, 2.75) is 19.8 Å². The summed E-state index contributed by atoms with van der Waals surface area (Å²) in [6.07, 6.45) is 2.99. The molecule has 2 heterocycles. The van der Waals surface area contributed by atoms with Crippen LogP contribution in [0.25, 0.3) is 11.2 Å². The predicted molar refractivity (Wildman–Crippen MR) is 56.8 cm³/mol. The molecule has 16 heavy (non-hydrogen) atoms. The highest BCUT2D eigenvalue weighted by molar-refractivity contribution is 5.70. The number of carboxylic acids is 1. The van der Waals surface area contributed by atoms with E-state index < -0.39 is 5.97 Å². The molecule has 2 N–H and O–H groups in total. The molecule has 2 rings (SSSR count). The Labute approximate surface area is 91.7 Å². The van der Waals surface area contributed by atoms with E-state index in [1.807, 2.05) is 6.07 Å². The summed E-state index contributed by atoms with van der Waals surface area (Å²) in [5.74, 6) is -1.11. The molecule has 84 valence electrons. The van der Waals surface area contributed by atoms with Crippen molar-refractivity contribution in [3.63, 3.8) is 0 Å². The lowest BCUT2D eigenvalue weighted by atomic mass is 10.0. The highest BCUT2D eigenvalue weighted by Crippen LogP contribution is 2.12. The van der Waals surface area contributed by atoms with Crippen LogP contribution in [0.4, 0.5) is 0 Å². The Balaban J connectivity index is 2.06. The molecule has 0 radical (unpaired) electrons. The molecule has 6 nitrogen and oxygen atoms in total. The summed E-state index contributed by atoms with van der Waals surface area (Å²) < 4.78 is 0. The van der Waals surface area contributed by atoms with E-state index in [9.17, 15) is 4.79 Å². The monoisotopic (exact) mass is 220 g/mol. The van der Waals surface area contributed by atoms with Crippen molar-refractivity contribution in [2.75, 3.05) is 0 Å². The van der Waals surface area contributed by atoms with Crippen LogP contribution in [0.1, 0.15) is 18.9 Å². The Kier molecular flexibility index (Phi) is 2.80. The number of aryl methyl sites for hydroxylation is 1. The average molecular weight is 220 g/mol. The summed E-state index contributed by atoms with van der Waals surface area (Å²) in [6.45, 7) is 1.70. The van der Waals surface area contributed by atoms with Crippen LogP contribution >= 0.6 is 0 Å². The largest absolute Gasteiger partial charge is 0.481 e. The Morgan fingerprint density at radius 3 is 3.12 bits per heavy atom. The third-order valence-corrected chi connectivity index (χ3v) is 2.52. The third-order valence-electron chi connectivity index (χ3n) is 2.52. The Hall–Kier alpha value is -1.98. The Bertz CT molecular complexity index is 508. The molecule has 0 bridgehead atoms. The lowest BCUT2D eigenvalue weighted by molar-refractivity contribution is -0.141. The van der Waals surface area contributed by atoms with Gasteiger partial charge in [0.25, 0.3) is 0 Å². The minimum absolute atomic E-state index is 0.340. The van der Waals surface area contributed by atoms with E-state index in [4.69, 9.17) is 5.11 Å². The number of pyridine rings is 1. The molecule has 0 amide bonds. The molecule has 2 aromatic rings. The zero-order valence-corrected chi connectivity index (χ0v) is 8.84. The molecule has 0 saturated heterocycles. The van der Waals surface area contributed by atoms with Crippen molar-refractivity contribution >= 4 is 17.1 Å². The van der Waals surface area contributed by atoms with Gasteiger partial charge in [-0.1, -0.05) is 6.92 Å². The molecule has 0 aromatic carbocycles. The SMILES string of the molecule is CC(CCc1cnc2n[nH]nc2c1)C(=O)O. The van der Waals surface area contributed by atoms with Gasteiger partial charge in [0.2, 0.25) is 5.65 Å². The van der Waals surface area contributed by atoms with Gasteiger partial charge in [-0.15, -0.1) is 5.10 Å². The number of aromatic amines is 1. The standard InChI is InChI=1S/C10H12N4O2/c1-6(10(15)16)2-3-7-4-8-9(11-5-7)13-14-12-8/h4-6H,2-3H2,1H3,(H,15,16)(H,11,12,13,14). The number of fused-ring (bicyclic) bond motifs is 1. The van der Waals surface area contributed by atoms with E-state index in [0.29, 0.717) is 24.0 Å². The Morgan fingerprint density at radius 2 is 2.38 bits per heavy atom. The fourth-order valence-corrected chi connectivity index (χ4v) is 1.43. The molecular weight excluding hydrogens is 208 g/mol. The first-order valence-corrected chi connectivity index (χ1v) is 5.05. The number of H-pyrrole nitrogens is 1. The van der Waals surface area contributed by atoms with Crippen molar-refractivity contribution < 1.29 is 9.90 Å². The molecular formula is C10H12N4O2. The number of aliphatic carboxylic acids is 1. The number of carbonyl (C=O) groups is 1. The molecule has 0 spiro atoms. The van der Waals surface area contributed by atoms with Gasteiger partial charge in [-0.2, -0.15) is 10.3 Å². The maximum Gasteiger partial charge on any atom is 0.306 e. The first-order valence-electron chi connectivity index (χ1n) is 5.05. The number of hydrogen-bond acceptors (Lipinski definition) is 4. The number of nitrogens with zero attached hydrogens (tertiary/aromatic N) is 3. The van der Waals surface area contributed by atoms with Gasteiger partial charge in [0.05, 0.1) is 5.92 Å². The number of aromatic nitrogens is 4. The zero-order valence-electron chi connectivity index (χ0n) is 8.84. The van der Waals surface area contributed by atoms with Gasteiger partial charge >= 0.3 is 5.97 Å². The fraction of sp³-hybridized carbons (Fsp3) is 0.400. The van der Waals surface area contributed by atoms with Crippen molar-refractivity contribution in [2.24, 2.45) is 5.92 Å². The second-order valence-electron chi connectivity index (χ2n) is 3.79. The normalized spacial score (nSPS) is 12.8. The van der Waals surface area contributed by atoms with Crippen LogP contribution in [0.5, 0.6) is 0 Å². The average Bonchev–Trinajstić information content (AvgIpc) is 2.72. The number of nitrogens with one attached hydrogen (secondary N) is 1. The van der Waals surface area contributed by atoms with Gasteiger partial charge in [-0.3, -0.25) is 4.79 Å². The van der Waals surface area contributed by atoms with E-state index in [1.54, 1.807) is 13.1 Å². The van der Waals surface area contributed by atoms with E-state index in [2.05, 4.69) is 20.4 Å². The van der Waals surface area contributed by atoms with Crippen LogP contribution in [0.15, 0.2) is 12.3 Å². The molecule has 0 aliphatic heterocycles. The third kappa shape index (κ3) is 2.16. The second-order valence-corrected chi connectivity index (χ2v) is 3.79. The van der Waals surface area contributed by atoms with Crippen molar-refractivity contribution in [1.82, 2.24) is 20.4 Å². The highest BCUT2D eigenvalue weighted by Gasteiger charge is 2.11. The number of rotatable bonds is 4. The summed E-state index contributed by atoms with van der Waals surface area (Å²) in [5.41, 5.74) is 2.27. The van der Waals surface area contributed by atoms with Gasteiger partial charge in [0.15, 0.2) is 0 Å². The van der Waals surface area contributed by atoms with Crippen molar-refractivity contribution in [3.8, 4) is 0 Å². The first-order chi connectivity index (χ1) is 7.66. The maximum atomic E-state index is 10.6. The van der Waals surface area contributed by atoms with Gasteiger partial charge in [-0.25, -0.2) is 4.98 Å². The van der Waals surface area contributed by atoms with Crippen LogP contribution in [0.2, 0.25) is 0 Å². The molecule has 0 aliphatic rings. The van der Waals surface area contributed by atoms with Crippen molar-refractivity contribution in [1.29, 1.82) is 0 Å². The van der Waals surface area contributed by atoms with E-state index in [0.717, 1.165) is 5.56 Å². The summed E-state index contributed by atoms with van der Waals surface area (Å²) in [5, 5.41) is 19.0. The van der Waals surface area contributed by atoms with Gasteiger partial charge in [0, 0.05) is 6.20 Å². The van der Waals surface area contributed by atoms with Gasteiger partial charge in [0.1, 0.15) is 5.52 Å². The van der Waals surface area contributed by atoms with Crippen LogP contribution in [-0.2, 0) is 11.2 Å². The number of hydrogen-bond donors (Lipinski definition) is 2. The van der Waals surface area contributed by atoms with Crippen LogP contribution < -0.4 is 0 Å². The van der Waals surface area contributed by atoms with E-state index in [-0.39, 0.29) is 5.92 Å². The lowest BCUT2D eigenvalue weighted by Gasteiger charge is -2.04. The first kappa shape index (κ1) is 10.5. The molecule has 0 fully saturated rings. The molecule has 0 aliphatic carbocycles. The summed E-state index contributed by atoms with van der Waals surface area (Å²) in [4.78, 5) is 14.8. The van der Waals surface area contributed by atoms with Crippen LogP contribution in [0, 0.1) is 5.92 Å². The summed E-state index contributed by atoms with van der Waals surface area (Å²) in [6, 6.07) is 1.88. The molecule has 1 unspecified atom stereocenters. The van der Waals surface area contributed by atoms with Gasteiger partial charge < -0.3 is 5.11 Å². The molecule has 0 saturated carbocycles. The molecule has 6 heteroatoms. The second kappa shape index (κ2) is 4.26. The predicted octanol–water partition coefficient (Wildman–Crippen LogP) is 1.01. The molecule has 1 atom stereocenters. The van der Waals surface area contributed by atoms with E-state index >= 15 is 0 Å². The highest BCUT2D eigenvalue weighted by atomic mass is 16.4. The fourth-order valence-electron chi connectivity index (χ4n) is 1.43. The topological polar surface area (TPSA) is 91.8 Å². The minimum atomic E-state index is -0.768. The minimum Gasteiger partial charge on any atom is -0.481 e. The lowest BCUT2D eigenvalue weighted by Crippen LogP contribution is -2.10. The smallest absolute Gasteiger partial charge is 0.306 e. The Morgan fingerprint density at radius 1 is 1.56 bits per heavy atom. The van der Waals surface area contributed by atoms with E-state index in [1.165, 1.54) is 0 Å². The quantitative estimate of drug-likeness (QED) is 0.802.